The fourth-order valence-electron chi connectivity index (χ4n) is 1.85. The van der Waals surface area contributed by atoms with E-state index in [4.69, 9.17) is 15.2 Å². The van der Waals surface area contributed by atoms with Crippen LogP contribution in [0.25, 0.3) is 0 Å². The van der Waals surface area contributed by atoms with Gasteiger partial charge >= 0.3 is 0 Å². The van der Waals surface area contributed by atoms with Gasteiger partial charge in [-0.15, -0.1) is 10.2 Å². The van der Waals surface area contributed by atoms with Gasteiger partial charge in [-0.05, 0) is 13.0 Å². The van der Waals surface area contributed by atoms with Crippen molar-refractivity contribution in [3.05, 3.63) is 29.7 Å². The van der Waals surface area contributed by atoms with Crippen molar-refractivity contribution < 1.29 is 9.47 Å². The molecule has 0 fully saturated rings. The molecule has 0 saturated carbocycles. The lowest BCUT2D eigenvalue weighted by atomic mass is 10.1. The number of ether oxygens (including phenoxy) is 2. The van der Waals surface area contributed by atoms with Gasteiger partial charge < -0.3 is 15.2 Å². The van der Waals surface area contributed by atoms with Crippen LogP contribution < -0.4 is 15.2 Å². The molecular formula is C12H17N5O2. The van der Waals surface area contributed by atoms with Gasteiger partial charge in [-0.2, -0.15) is 5.10 Å². The number of rotatable bonds is 5. The van der Waals surface area contributed by atoms with E-state index in [0.717, 1.165) is 5.69 Å². The molecule has 0 aliphatic heterocycles. The summed E-state index contributed by atoms with van der Waals surface area (Å²) in [6, 6.07) is 3.06. The summed E-state index contributed by atoms with van der Waals surface area (Å²) in [4.78, 5) is 0. The van der Waals surface area contributed by atoms with E-state index in [0.29, 0.717) is 23.9 Å². The van der Waals surface area contributed by atoms with Gasteiger partial charge in [0.25, 0.3) is 0 Å². The summed E-state index contributed by atoms with van der Waals surface area (Å²) >= 11 is 0. The van der Waals surface area contributed by atoms with E-state index in [1.54, 1.807) is 37.2 Å². The van der Waals surface area contributed by atoms with Gasteiger partial charge in [0, 0.05) is 12.6 Å². The smallest absolute Gasteiger partial charge is 0.233 e. The van der Waals surface area contributed by atoms with Gasteiger partial charge in [0.05, 0.1) is 32.2 Å². The lowest BCUT2D eigenvalue weighted by Crippen LogP contribution is -2.19. The maximum absolute atomic E-state index is 6.22. The highest BCUT2D eigenvalue weighted by Crippen LogP contribution is 2.27. The summed E-state index contributed by atoms with van der Waals surface area (Å²) in [5.41, 5.74) is 7.64. The standard InChI is InChI=1S/C12H17N5O2/c1-4-17-12(9(18-2)7-14-17)11(13)8-5-6-10(19-3)16-15-8/h5-7,11H,4,13H2,1-3H3. The molecule has 1 atom stereocenters. The molecular weight excluding hydrogens is 246 g/mol. The first-order valence-electron chi connectivity index (χ1n) is 5.94. The van der Waals surface area contributed by atoms with Gasteiger partial charge in [-0.3, -0.25) is 4.68 Å². The molecule has 0 radical (unpaired) electrons. The summed E-state index contributed by atoms with van der Waals surface area (Å²) < 4.78 is 12.0. The summed E-state index contributed by atoms with van der Waals surface area (Å²) in [6.07, 6.45) is 1.65. The fraction of sp³-hybridized carbons (Fsp3) is 0.417. The minimum absolute atomic E-state index is 0.448. The molecule has 2 aromatic heterocycles. The predicted octanol–water partition coefficient (Wildman–Crippen LogP) is 0.758. The average Bonchev–Trinajstić information content (AvgIpc) is 2.89. The second kappa shape index (κ2) is 5.66. The number of hydrogen-bond donors (Lipinski definition) is 1. The normalized spacial score (nSPS) is 12.2. The molecule has 2 rings (SSSR count). The first-order chi connectivity index (χ1) is 9.21. The Bertz CT molecular complexity index is 516. The molecule has 19 heavy (non-hydrogen) atoms. The van der Waals surface area contributed by atoms with Crippen molar-refractivity contribution in [3.8, 4) is 11.6 Å². The van der Waals surface area contributed by atoms with Crippen LogP contribution in [0.1, 0.15) is 24.4 Å². The minimum Gasteiger partial charge on any atom is -0.493 e. The predicted molar refractivity (Wildman–Crippen MR) is 69.1 cm³/mol. The Kier molecular flexibility index (Phi) is 3.96. The van der Waals surface area contributed by atoms with E-state index in [-0.39, 0.29) is 0 Å². The van der Waals surface area contributed by atoms with Crippen LogP contribution in [0.4, 0.5) is 0 Å². The van der Waals surface area contributed by atoms with Crippen LogP contribution in [0.3, 0.4) is 0 Å². The summed E-state index contributed by atoms with van der Waals surface area (Å²) in [5.74, 6) is 1.10. The van der Waals surface area contributed by atoms with E-state index in [1.165, 1.54) is 0 Å². The number of nitrogens with zero attached hydrogens (tertiary/aromatic N) is 4. The van der Waals surface area contributed by atoms with Crippen molar-refractivity contribution in [2.24, 2.45) is 5.73 Å². The Morgan fingerprint density at radius 1 is 1.26 bits per heavy atom. The number of methoxy groups -OCH3 is 2. The van der Waals surface area contributed by atoms with Crippen LogP contribution in [-0.2, 0) is 6.54 Å². The summed E-state index contributed by atoms with van der Waals surface area (Å²) in [7, 11) is 3.13. The molecule has 7 heteroatoms. The molecule has 0 amide bonds. The number of hydrogen-bond acceptors (Lipinski definition) is 6. The van der Waals surface area contributed by atoms with Crippen LogP contribution >= 0.6 is 0 Å². The molecule has 1 unspecified atom stereocenters. The first-order valence-corrected chi connectivity index (χ1v) is 5.94. The Morgan fingerprint density at radius 3 is 2.58 bits per heavy atom. The number of aryl methyl sites for hydroxylation is 1. The SMILES string of the molecule is CCn1ncc(OC)c1C(N)c1ccc(OC)nn1. The van der Waals surface area contributed by atoms with Gasteiger partial charge in [-0.25, -0.2) is 0 Å². The van der Waals surface area contributed by atoms with Crippen molar-refractivity contribution in [3.63, 3.8) is 0 Å². The van der Waals surface area contributed by atoms with Crippen molar-refractivity contribution in [2.45, 2.75) is 19.5 Å². The van der Waals surface area contributed by atoms with E-state index in [2.05, 4.69) is 15.3 Å². The van der Waals surface area contributed by atoms with Crippen LogP contribution in [0, 0.1) is 0 Å². The van der Waals surface area contributed by atoms with Crippen LogP contribution in [0.5, 0.6) is 11.6 Å². The topological polar surface area (TPSA) is 88.1 Å². The van der Waals surface area contributed by atoms with Crippen molar-refractivity contribution >= 4 is 0 Å². The second-order valence-corrected chi connectivity index (χ2v) is 3.89. The second-order valence-electron chi connectivity index (χ2n) is 3.89. The van der Waals surface area contributed by atoms with Crippen molar-refractivity contribution in [2.75, 3.05) is 14.2 Å². The highest BCUT2D eigenvalue weighted by atomic mass is 16.5. The third-order valence-corrected chi connectivity index (χ3v) is 2.85. The maximum atomic E-state index is 6.22. The zero-order valence-corrected chi connectivity index (χ0v) is 11.2. The van der Waals surface area contributed by atoms with Crippen LogP contribution in [0.15, 0.2) is 18.3 Å². The molecule has 0 aliphatic rings. The Hall–Kier alpha value is -2.15. The molecule has 0 aromatic carbocycles. The van der Waals surface area contributed by atoms with Gasteiger partial charge in [0.1, 0.15) is 5.69 Å². The first kappa shape index (κ1) is 13.3. The third-order valence-electron chi connectivity index (χ3n) is 2.85. The van der Waals surface area contributed by atoms with Crippen molar-refractivity contribution in [1.82, 2.24) is 20.0 Å². The molecule has 2 aromatic rings. The van der Waals surface area contributed by atoms with Gasteiger partial charge in [0.15, 0.2) is 5.75 Å². The molecule has 0 bridgehead atoms. The minimum atomic E-state index is -0.448. The monoisotopic (exact) mass is 263 g/mol. The molecule has 7 nitrogen and oxygen atoms in total. The molecule has 102 valence electrons. The average molecular weight is 263 g/mol. The van der Waals surface area contributed by atoms with E-state index in [1.807, 2.05) is 6.92 Å². The van der Waals surface area contributed by atoms with E-state index in [9.17, 15) is 0 Å². The molecule has 0 spiro atoms. The fourth-order valence-corrected chi connectivity index (χ4v) is 1.85. The lowest BCUT2D eigenvalue weighted by molar-refractivity contribution is 0.389. The lowest BCUT2D eigenvalue weighted by Gasteiger charge is -2.14. The highest BCUT2D eigenvalue weighted by Gasteiger charge is 2.21. The van der Waals surface area contributed by atoms with Gasteiger partial charge in [-0.1, -0.05) is 0 Å². The Balaban J connectivity index is 2.36. The van der Waals surface area contributed by atoms with Crippen LogP contribution in [0.2, 0.25) is 0 Å². The molecule has 0 saturated heterocycles. The Morgan fingerprint density at radius 2 is 2.05 bits per heavy atom. The maximum Gasteiger partial charge on any atom is 0.233 e. The Labute approximate surface area is 111 Å². The highest BCUT2D eigenvalue weighted by molar-refractivity contribution is 5.33. The third kappa shape index (κ3) is 2.50. The number of aromatic nitrogens is 4. The zero-order chi connectivity index (χ0) is 13.8. The van der Waals surface area contributed by atoms with Crippen LogP contribution in [-0.4, -0.2) is 34.2 Å². The zero-order valence-electron chi connectivity index (χ0n) is 11.2. The molecule has 2 N–H and O–H groups in total. The largest absolute Gasteiger partial charge is 0.493 e. The van der Waals surface area contributed by atoms with E-state index < -0.39 is 6.04 Å². The van der Waals surface area contributed by atoms with Gasteiger partial charge in [0.2, 0.25) is 5.88 Å². The summed E-state index contributed by atoms with van der Waals surface area (Å²) in [6.45, 7) is 2.69. The quantitative estimate of drug-likeness (QED) is 0.856. The van der Waals surface area contributed by atoms with E-state index >= 15 is 0 Å². The number of nitrogens with two attached hydrogens (primary N) is 1. The molecule has 0 aliphatic carbocycles. The summed E-state index contributed by atoms with van der Waals surface area (Å²) in [5, 5.41) is 12.2. The molecule has 2 heterocycles. The van der Waals surface area contributed by atoms with Crippen molar-refractivity contribution in [1.29, 1.82) is 0 Å².